The highest BCUT2D eigenvalue weighted by Crippen LogP contribution is 2.30. The molecule has 15 unspecified atom stereocenters. The maximum atomic E-state index is 10.8. The third-order valence-corrected chi connectivity index (χ3v) is 6.33. The van der Waals surface area contributed by atoms with Crippen LogP contribution < -0.4 is 17.2 Å². The van der Waals surface area contributed by atoms with Crippen LogP contribution in [0.5, 0.6) is 0 Å². The van der Waals surface area contributed by atoms with Gasteiger partial charge in [-0.1, -0.05) is 7.43 Å². The van der Waals surface area contributed by atoms with E-state index in [-0.39, 0.29) is 7.43 Å². The molecule has 15 atom stereocenters. The van der Waals surface area contributed by atoms with Gasteiger partial charge in [0, 0.05) is 0 Å². The molecule has 208 valence electrons. The largest absolute Gasteiger partial charge is 0.394 e. The maximum absolute atomic E-state index is 10.8. The van der Waals surface area contributed by atoms with Crippen molar-refractivity contribution in [2.24, 2.45) is 17.2 Å². The van der Waals surface area contributed by atoms with Gasteiger partial charge in [0.1, 0.15) is 54.9 Å². The van der Waals surface area contributed by atoms with Gasteiger partial charge >= 0.3 is 0 Å². The fourth-order valence-corrected chi connectivity index (χ4v) is 4.18. The SMILES string of the molecule is C.NC1C(OC2C(CO)OC(OC3C(CO)OC(O)C(N)C3O)C(N)C2O)OC(CO)C(O)C1O. The lowest BCUT2D eigenvalue weighted by atomic mass is 9.94. The van der Waals surface area contributed by atoms with Crippen LogP contribution >= 0.6 is 0 Å². The number of aliphatic hydroxyl groups excluding tert-OH is 8. The van der Waals surface area contributed by atoms with Crippen LogP contribution in [0, 0.1) is 0 Å². The molecule has 3 fully saturated rings. The lowest BCUT2D eigenvalue weighted by Crippen LogP contribution is -2.69. The monoisotopic (exact) mass is 517 g/mol. The number of hydrogen-bond acceptors (Lipinski definition) is 16. The summed E-state index contributed by atoms with van der Waals surface area (Å²) in [5, 5.41) is 79.6. The second-order valence-electron chi connectivity index (χ2n) is 8.59. The molecule has 16 heteroatoms. The molecule has 3 rings (SSSR count). The van der Waals surface area contributed by atoms with E-state index in [4.69, 9.17) is 40.9 Å². The fourth-order valence-electron chi connectivity index (χ4n) is 4.18. The zero-order valence-corrected chi connectivity index (χ0v) is 18.1. The molecule has 0 spiro atoms. The molecular formula is C19H39N3O13. The van der Waals surface area contributed by atoms with Crippen LogP contribution in [-0.4, -0.2) is 153 Å². The van der Waals surface area contributed by atoms with Crippen molar-refractivity contribution < 1.29 is 64.5 Å². The summed E-state index contributed by atoms with van der Waals surface area (Å²) in [4.78, 5) is 0. The van der Waals surface area contributed by atoms with E-state index >= 15 is 0 Å². The van der Waals surface area contributed by atoms with E-state index in [0.717, 1.165) is 0 Å². The second-order valence-corrected chi connectivity index (χ2v) is 8.59. The number of nitrogens with two attached hydrogens (primary N) is 3. The van der Waals surface area contributed by atoms with Crippen LogP contribution in [0.2, 0.25) is 0 Å². The van der Waals surface area contributed by atoms with Crippen LogP contribution in [0.15, 0.2) is 0 Å². The molecule has 0 aromatic rings. The normalized spacial score (nSPS) is 51.0. The van der Waals surface area contributed by atoms with Crippen molar-refractivity contribution in [2.75, 3.05) is 19.8 Å². The molecule has 16 nitrogen and oxygen atoms in total. The van der Waals surface area contributed by atoms with Crippen molar-refractivity contribution in [3.63, 3.8) is 0 Å². The lowest BCUT2D eigenvalue weighted by molar-refractivity contribution is -0.348. The highest BCUT2D eigenvalue weighted by Gasteiger charge is 2.52. The third kappa shape index (κ3) is 6.10. The van der Waals surface area contributed by atoms with Crippen LogP contribution in [0.4, 0.5) is 0 Å². The number of rotatable bonds is 7. The smallest absolute Gasteiger partial charge is 0.176 e. The Hall–Kier alpha value is -0.640. The van der Waals surface area contributed by atoms with Crippen LogP contribution in [0.25, 0.3) is 0 Å². The molecule has 3 aliphatic heterocycles. The second kappa shape index (κ2) is 12.7. The van der Waals surface area contributed by atoms with Gasteiger partial charge in [-0.25, -0.2) is 0 Å². The van der Waals surface area contributed by atoms with Gasteiger partial charge in [-0.15, -0.1) is 0 Å². The zero-order chi connectivity index (χ0) is 25.3. The van der Waals surface area contributed by atoms with Crippen molar-refractivity contribution in [3.05, 3.63) is 0 Å². The lowest BCUT2D eigenvalue weighted by Gasteiger charge is -2.48. The zero-order valence-electron chi connectivity index (χ0n) is 18.1. The summed E-state index contributed by atoms with van der Waals surface area (Å²) in [6.07, 6.45) is -16.8. The Morgan fingerprint density at radius 3 is 1.43 bits per heavy atom. The molecule has 0 aliphatic carbocycles. The van der Waals surface area contributed by atoms with Crippen molar-refractivity contribution in [1.82, 2.24) is 0 Å². The molecule has 0 aromatic carbocycles. The molecule has 0 radical (unpaired) electrons. The molecule has 3 saturated heterocycles. The summed E-state index contributed by atoms with van der Waals surface area (Å²) in [7, 11) is 0. The first-order valence-electron chi connectivity index (χ1n) is 10.8. The first-order valence-corrected chi connectivity index (χ1v) is 10.8. The summed E-state index contributed by atoms with van der Waals surface area (Å²) in [6.45, 7) is -2.00. The predicted octanol–water partition coefficient (Wildman–Crippen LogP) is -7.04. The minimum Gasteiger partial charge on any atom is -0.394 e. The Labute approximate surface area is 201 Å². The van der Waals surface area contributed by atoms with Gasteiger partial charge in [0.2, 0.25) is 0 Å². The molecule has 0 aromatic heterocycles. The topological polar surface area (TPSA) is 286 Å². The standard InChI is InChI=1S/C18H35N3O13.CH4/c19-7-12(27)14(5(2-23)30-16(7)29)33-18-9(21)13(28)15(6(3-24)32-18)34-17-8(20)11(26)10(25)4(1-22)31-17;/h4-18,22-29H,1-3,19-21H2;1H4. The van der Waals surface area contributed by atoms with E-state index in [1.165, 1.54) is 0 Å². The third-order valence-electron chi connectivity index (χ3n) is 6.33. The Bertz CT molecular complexity index is 647. The molecular weight excluding hydrogens is 478 g/mol. The van der Waals surface area contributed by atoms with E-state index in [1.807, 2.05) is 0 Å². The minimum atomic E-state index is -1.56. The van der Waals surface area contributed by atoms with E-state index in [9.17, 15) is 40.9 Å². The van der Waals surface area contributed by atoms with Gasteiger partial charge < -0.3 is 81.7 Å². The Kier molecular flexibility index (Phi) is 11.1. The summed E-state index contributed by atoms with van der Waals surface area (Å²) < 4.78 is 27.4. The Morgan fingerprint density at radius 1 is 0.543 bits per heavy atom. The minimum absolute atomic E-state index is 0. The van der Waals surface area contributed by atoms with Crippen molar-refractivity contribution in [2.45, 2.75) is 99.4 Å². The molecule has 3 aliphatic rings. The van der Waals surface area contributed by atoms with Crippen LogP contribution in [-0.2, 0) is 23.7 Å². The van der Waals surface area contributed by atoms with Gasteiger partial charge in [0.05, 0.1) is 37.9 Å². The van der Waals surface area contributed by atoms with Crippen molar-refractivity contribution >= 4 is 0 Å². The van der Waals surface area contributed by atoms with Crippen LogP contribution in [0.3, 0.4) is 0 Å². The molecule has 0 bridgehead atoms. The quantitative estimate of drug-likeness (QED) is 0.149. The number of aliphatic hydroxyl groups is 8. The van der Waals surface area contributed by atoms with E-state index in [1.54, 1.807) is 0 Å². The van der Waals surface area contributed by atoms with Gasteiger partial charge in [0.25, 0.3) is 0 Å². The average Bonchev–Trinajstić information content (AvgIpc) is 2.83. The van der Waals surface area contributed by atoms with Gasteiger partial charge in [-0.05, 0) is 0 Å². The van der Waals surface area contributed by atoms with E-state index in [0.29, 0.717) is 0 Å². The molecule has 0 saturated carbocycles. The van der Waals surface area contributed by atoms with E-state index in [2.05, 4.69) is 0 Å². The summed E-state index contributed by atoms with van der Waals surface area (Å²) >= 11 is 0. The van der Waals surface area contributed by atoms with Crippen LogP contribution in [0.1, 0.15) is 7.43 Å². The van der Waals surface area contributed by atoms with Crippen molar-refractivity contribution in [3.8, 4) is 0 Å². The first kappa shape index (κ1) is 30.6. The molecule has 35 heavy (non-hydrogen) atoms. The van der Waals surface area contributed by atoms with Gasteiger partial charge in [-0.3, -0.25) is 0 Å². The number of hydrogen-bond donors (Lipinski definition) is 11. The average molecular weight is 518 g/mol. The summed E-state index contributed by atoms with van der Waals surface area (Å²) in [5.41, 5.74) is 17.6. The van der Waals surface area contributed by atoms with Gasteiger partial charge in [-0.2, -0.15) is 0 Å². The highest BCUT2D eigenvalue weighted by atomic mass is 16.7. The van der Waals surface area contributed by atoms with E-state index < -0.39 is 112 Å². The summed E-state index contributed by atoms with van der Waals surface area (Å²) in [5.74, 6) is 0. The van der Waals surface area contributed by atoms with Crippen molar-refractivity contribution in [1.29, 1.82) is 0 Å². The highest BCUT2D eigenvalue weighted by molar-refractivity contribution is 4.98. The first-order chi connectivity index (χ1) is 16.0. The molecule has 0 amide bonds. The maximum Gasteiger partial charge on any atom is 0.176 e. The Balaban J connectivity index is 0.00000432. The molecule has 3 heterocycles. The predicted molar refractivity (Wildman–Crippen MR) is 114 cm³/mol. The van der Waals surface area contributed by atoms with Gasteiger partial charge in [0.15, 0.2) is 18.9 Å². The molecule has 14 N–H and O–H groups in total. The fraction of sp³-hybridized carbons (Fsp3) is 1.00. The Morgan fingerprint density at radius 2 is 0.943 bits per heavy atom. The number of ether oxygens (including phenoxy) is 5. The summed E-state index contributed by atoms with van der Waals surface area (Å²) in [6, 6.07) is -3.87.